The quantitative estimate of drug-likeness (QED) is 0.480. The number of nitrogens with zero attached hydrogens (tertiary/aromatic N) is 3. The van der Waals surface area contributed by atoms with Gasteiger partial charge in [-0.15, -0.1) is 12.4 Å². The van der Waals surface area contributed by atoms with Gasteiger partial charge in [-0.2, -0.15) is 0 Å². The molecule has 3 aromatic heterocycles. The molecule has 0 aliphatic carbocycles. The van der Waals surface area contributed by atoms with Crippen LogP contribution in [-0.4, -0.2) is 34.5 Å². The highest BCUT2D eigenvalue weighted by molar-refractivity contribution is 6.19. The topological polar surface area (TPSA) is 59.9 Å². The lowest BCUT2D eigenvalue weighted by molar-refractivity contribution is 0.376. The van der Waals surface area contributed by atoms with E-state index in [1.807, 2.05) is 49.3 Å². The molecule has 6 nitrogen and oxygen atoms in total. The number of furan rings is 1. The van der Waals surface area contributed by atoms with Crippen molar-refractivity contribution in [2.75, 3.05) is 20.6 Å². The minimum atomic E-state index is -0.302. The fourth-order valence-corrected chi connectivity index (χ4v) is 3.81. The van der Waals surface area contributed by atoms with Gasteiger partial charge in [0.1, 0.15) is 5.58 Å². The zero-order chi connectivity index (χ0) is 18.0. The van der Waals surface area contributed by atoms with Crippen LogP contribution in [0, 0.1) is 0 Å². The van der Waals surface area contributed by atoms with Gasteiger partial charge in [-0.3, -0.25) is 13.8 Å². The molecule has 0 amide bonds. The fourth-order valence-electron chi connectivity index (χ4n) is 3.81. The number of para-hydroxylation sites is 1. The van der Waals surface area contributed by atoms with E-state index in [2.05, 4.69) is 0 Å². The first kappa shape index (κ1) is 17.6. The Bertz CT molecular complexity index is 1410. The molecular weight excluding hydrogens is 366 g/mol. The molecule has 0 aliphatic rings. The lowest BCUT2D eigenvalue weighted by atomic mass is 10.1. The summed E-state index contributed by atoms with van der Waals surface area (Å²) in [6.07, 6.45) is 1.62. The van der Waals surface area contributed by atoms with Crippen LogP contribution in [0.5, 0.6) is 0 Å². The number of benzene rings is 2. The summed E-state index contributed by atoms with van der Waals surface area (Å²) in [6.45, 7) is 0.963. The van der Waals surface area contributed by atoms with Crippen molar-refractivity contribution in [3.8, 4) is 0 Å². The highest BCUT2D eigenvalue weighted by Crippen LogP contribution is 2.34. The first-order valence-corrected chi connectivity index (χ1v) is 8.52. The Hall–Kier alpha value is -2.83. The Balaban J connectivity index is 0.00000180. The smallest absolute Gasteiger partial charge is 0.336 e. The van der Waals surface area contributed by atoms with Crippen LogP contribution in [0.3, 0.4) is 0 Å². The third-order valence-electron chi connectivity index (χ3n) is 5.05. The van der Waals surface area contributed by atoms with Crippen LogP contribution >= 0.6 is 12.4 Å². The van der Waals surface area contributed by atoms with Gasteiger partial charge in [0.15, 0.2) is 0 Å². The molecule has 2 aromatic carbocycles. The molecule has 0 unspecified atom stereocenters. The zero-order valence-electron chi connectivity index (χ0n) is 14.9. The maximum atomic E-state index is 13.3. The number of halogens is 1. The predicted octanol–water partition coefficient (Wildman–Crippen LogP) is 2.94. The minimum absolute atomic E-state index is 0. The van der Waals surface area contributed by atoms with Crippen LogP contribution in [0.4, 0.5) is 0 Å². The summed E-state index contributed by atoms with van der Waals surface area (Å²) in [6, 6.07) is 11.4. The predicted molar refractivity (Wildman–Crippen MR) is 110 cm³/mol. The number of likely N-dealkylation sites (N-methyl/N-ethyl adjacent to an activating group) is 1. The van der Waals surface area contributed by atoms with Crippen LogP contribution in [0.25, 0.3) is 38.2 Å². The molecule has 0 fully saturated rings. The zero-order valence-corrected chi connectivity index (χ0v) is 15.7. The Kier molecular flexibility index (Phi) is 3.98. The Labute approximate surface area is 160 Å². The van der Waals surface area contributed by atoms with E-state index in [-0.39, 0.29) is 23.7 Å². The van der Waals surface area contributed by atoms with Gasteiger partial charge in [-0.25, -0.2) is 4.79 Å². The second-order valence-corrected chi connectivity index (χ2v) is 6.87. The molecule has 138 valence electrons. The summed E-state index contributed by atoms with van der Waals surface area (Å²) in [5.74, 6) is 0. The van der Waals surface area contributed by atoms with Crippen molar-refractivity contribution >= 4 is 50.6 Å². The highest BCUT2D eigenvalue weighted by Gasteiger charge is 2.20. The van der Waals surface area contributed by atoms with E-state index in [1.54, 1.807) is 16.7 Å². The van der Waals surface area contributed by atoms with Gasteiger partial charge in [0.25, 0.3) is 5.56 Å². The molecule has 0 bridgehead atoms. The van der Waals surface area contributed by atoms with Gasteiger partial charge in [0.2, 0.25) is 0 Å². The van der Waals surface area contributed by atoms with E-state index in [4.69, 9.17) is 4.42 Å². The Morgan fingerprint density at radius 1 is 0.926 bits per heavy atom. The van der Waals surface area contributed by atoms with Crippen LogP contribution < -0.4 is 11.2 Å². The van der Waals surface area contributed by atoms with Gasteiger partial charge in [-0.1, -0.05) is 12.1 Å². The van der Waals surface area contributed by atoms with Gasteiger partial charge in [0.05, 0.1) is 22.7 Å². The molecule has 5 rings (SSSR count). The van der Waals surface area contributed by atoms with Gasteiger partial charge in [0, 0.05) is 29.2 Å². The third kappa shape index (κ3) is 2.30. The van der Waals surface area contributed by atoms with Crippen molar-refractivity contribution in [2.45, 2.75) is 6.54 Å². The molecule has 0 N–H and O–H groups in total. The molecule has 3 heterocycles. The summed E-state index contributed by atoms with van der Waals surface area (Å²) < 4.78 is 8.53. The van der Waals surface area contributed by atoms with Gasteiger partial charge in [-0.05, 0) is 38.4 Å². The van der Waals surface area contributed by atoms with Crippen molar-refractivity contribution in [3.63, 3.8) is 0 Å². The maximum absolute atomic E-state index is 13.3. The van der Waals surface area contributed by atoms with Crippen molar-refractivity contribution < 1.29 is 4.42 Å². The van der Waals surface area contributed by atoms with Crippen LogP contribution in [-0.2, 0) is 6.54 Å². The lowest BCUT2D eigenvalue weighted by Crippen LogP contribution is -2.39. The summed E-state index contributed by atoms with van der Waals surface area (Å²) in [7, 11) is 3.84. The normalized spacial score (nSPS) is 12.0. The summed E-state index contributed by atoms with van der Waals surface area (Å²) >= 11 is 0. The summed E-state index contributed by atoms with van der Waals surface area (Å²) in [4.78, 5) is 28.2. The van der Waals surface area contributed by atoms with Crippen molar-refractivity contribution in [1.29, 1.82) is 0 Å². The van der Waals surface area contributed by atoms with Crippen molar-refractivity contribution in [3.05, 3.63) is 63.5 Å². The number of hydrogen-bond donors (Lipinski definition) is 0. The molecule has 27 heavy (non-hydrogen) atoms. The average molecular weight is 384 g/mol. The monoisotopic (exact) mass is 383 g/mol. The number of rotatable bonds is 3. The first-order valence-electron chi connectivity index (χ1n) is 8.52. The number of aromatic nitrogens is 2. The number of fused-ring (bicyclic) bond motifs is 5. The fraction of sp³-hybridized carbons (Fsp3) is 0.200. The number of hydrogen-bond acceptors (Lipinski definition) is 4. The van der Waals surface area contributed by atoms with E-state index >= 15 is 0 Å². The van der Waals surface area contributed by atoms with Crippen LogP contribution in [0.2, 0.25) is 0 Å². The van der Waals surface area contributed by atoms with Crippen LogP contribution in [0.15, 0.2) is 56.7 Å². The molecular formula is C20H18ClN3O3. The van der Waals surface area contributed by atoms with E-state index in [0.29, 0.717) is 24.0 Å². The van der Waals surface area contributed by atoms with E-state index in [0.717, 1.165) is 27.3 Å². The first-order chi connectivity index (χ1) is 12.6. The van der Waals surface area contributed by atoms with E-state index in [9.17, 15) is 9.59 Å². The molecule has 0 aliphatic heterocycles. The molecule has 0 spiro atoms. The molecule has 7 heteroatoms. The molecule has 0 saturated heterocycles. The van der Waals surface area contributed by atoms with Gasteiger partial charge >= 0.3 is 5.69 Å². The maximum Gasteiger partial charge on any atom is 0.336 e. The SMILES string of the molecule is CN(C)CCn1c(=O)c2cccc3c4ccc5occc5c4n(c1=O)c23.Cl. The lowest BCUT2D eigenvalue weighted by Gasteiger charge is -2.12. The van der Waals surface area contributed by atoms with Crippen molar-refractivity contribution in [2.24, 2.45) is 0 Å². The minimum Gasteiger partial charge on any atom is -0.464 e. The highest BCUT2D eigenvalue weighted by atomic mass is 35.5. The van der Waals surface area contributed by atoms with Crippen LogP contribution in [0.1, 0.15) is 0 Å². The molecule has 5 aromatic rings. The Morgan fingerprint density at radius 3 is 2.41 bits per heavy atom. The molecule has 0 saturated carbocycles. The summed E-state index contributed by atoms with van der Waals surface area (Å²) in [5, 5.41) is 3.30. The second kappa shape index (κ2) is 6.11. The standard InChI is InChI=1S/C20H17N3O3.ClH/c1-21(2)9-10-22-19(24)15-5-3-4-12-13-6-7-16-14(8-11-26-16)17(13)23(18(12)15)20(22)25;/h3-8,11H,9-10H2,1-2H3;1H. The average Bonchev–Trinajstić information content (AvgIpc) is 3.22. The second-order valence-electron chi connectivity index (χ2n) is 6.87. The van der Waals surface area contributed by atoms with Gasteiger partial charge < -0.3 is 9.32 Å². The molecule has 0 radical (unpaired) electrons. The van der Waals surface area contributed by atoms with E-state index < -0.39 is 0 Å². The summed E-state index contributed by atoms with van der Waals surface area (Å²) in [5.41, 5.74) is 1.67. The molecule has 0 atom stereocenters. The van der Waals surface area contributed by atoms with E-state index in [1.165, 1.54) is 4.57 Å². The van der Waals surface area contributed by atoms with Crippen molar-refractivity contribution in [1.82, 2.24) is 13.9 Å². The largest absolute Gasteiger partial charge is 0.464 e. The third-order valence-corrected chi connectivity index (χ3v) is 5.05. The Morgan fingerprint density at radius 2 is 1.63 bits per heavy atom.